The number of rotatable bonds is 5. The van der Waals surface area contributed by atoms with E-state index in [1.807, 2.05) is 72.4 Å². The smallest absolute Gasteiger partial charge is 0.157 e. The highest BCUT2D eigenvalue weighted by atomic mass is 32.2. The zero-order valence-corrected chi connectivity index (χ0v) is 23.1. The Bertz CT molecular complexity index is 1720. The molecule has 1 aliphatic heterocycles. The highest BCUT2D eigenvalue weighted by Crippen LogP contribution is 2.38. The van der Waals surface area contributed by atoms with Crippen LogP contribution in [0, 0.1) is 0 Å². The number of benzene rings is 5. The summed E-state index contributed by atoms with van der Waals surface area (Å²) in [6.07, 6.45) is 4.40. The van der Waals surface area contributed by atoms with Gasteiger partial charge in [-0.15, -0.1) is 0 Å². The first-order valence-electron chi connectivity index (χ1n) is 13.4. The molecule has 0 aliphatic carbocycles. The van der Waals surface area contributed by atoms with Crippen LogP contribution in [0.5, 0.6) is 0 Å². The number of nitrogens with zero attached hydrogens (tertiary/aromatic N) is 2. The predicted molar refractivity (Wildman–Crippen MR) is 170 cm³/mol. The Morgan fingerprint density at radius 3 is 2.02 bits per heavy atom. The molecule has 40 heavy (non-hydrogen) atoms. The lowest BCUT2D eigenvalue weighted by Crippen LogP contribution is -2.16. The summed E-state index contributed by atoms with van der Waals surface area (Å²) in [5.74, 6) is 1.06. The van der Waals surface area contributed by atoms with Crippen LogP contribution in [-0.4, -0.2) is 11.7 Å². The van der Waals surface area contributed by atoms with Gasteiger partial charge in [0.1, 0.15) is 5.84 Å². The van der Waals surface area contributed by atoms with Gasteiger partial charge in [0, 0.05) is 20.9 Å². The van der Waals surface area contributed by atoms with Crippen molar-refractivity contribution in [2.45, 2.75) is 22.8 Å². The Hall–Kier alpha value is -4.67. The first-order valence-corrected chi connectivity index (χ1v) is 14.2. The van der Waals surface area contributed by atoms with Crippen LogP contribution in [-0.2, 0) is 0 Å². The van der Waals surface area contributed by atoms with Gasteiger partial charge in [-0.3, -0.25) is 4.99 Å². The molecular formula is C36H29N3S. The van der Waals surface area contributed by atoms with Crippen molar-refractivity contribution >= 4 is 35.6 Å². The second kappa shape index (κ2) is 11.6. The van der Waals surface area contributed by atoms with Crippen LogP contribution in [0.1, 0.15) is 40.8 Å². The van der Waals surface area contributed by atoms with E-state index in [0.29, 0.717) is 11.7 Å². The third-order valence-corrected chi connectivity index (χ3v) is 8.14. The van der Waals surface area contributed by atoms with Crippen molar-refractivity contribution in [1.82, 2.24) is 0 Å². The number of nitrogens with two attached hydrogens (primary N) is 1. The van der Waals surface area contributed by atoms with E-state index in [1.54, 1.807) is 0 Å². The summed E-state index contributed by atoms with van der Waals surface area (Å²) in [6.45, 7) is 2.08. The lowest BCUT2D eigenvalue weighted by molar-refractivity contribution is 0.818. The molecule has 2 N–H and O–H groups in total. The molecule has 0 saturated heterocycles. The number of fused-ring (bicyclic) bond motifs is 2. The van der Waals surface area contributed by atoms with Gasteiger partial charge in [-0.25, -0.2) is 4.99 Å². The molecule has 194 valence electrons. The van der Waals surface area contributed by atoms with Crippen LogP contribution < -0.4 is 5.73 Å². The average Bonchev–Trinajstić information content (AvgIpc) is 3.20. The van der Waals surface area contributed by atoms with E-state index in [0.717, 1.165) is 22.3 Å². The fraction of sp³-hybridized carbons (Fsp3) is 0.0556. The van der Waals surface area contributed by atoms with E-state index in [9.17, 15) is 0 Å². The topological polar surface area (TPSA) is 50.7 Å². The summed E-state index contributed by atoms with van der Waals surface area (Å²) in [6, 6.07) is 43.6. The summed E-state index contributed by atoms with van der Waals surface area (Å²) in [5.41, 5.74) is 14.2. The van der Waals surface area contributed by atoms with Gasteiger partial charge < -0.3 is 5.73 Å². The van der Waals surface area contributed by atoms with Crippen LogP contribution in [0.25, 0.3) is 23.3 Å². The molecule has 0 saturated carbocycles. The fourth-order valence-corrected chi connectivity index (χ4v) is 5.74. The van der Waals surface area contributed by atoms with Crippen LogP contribution >= 0.6 is 11.8 Å². The van der Waals surface area contributed by atoms with E-state index in [2.05, 4.69) is 85.8 Å². The van der Waals surface area contributed by atoms with Crippen molar-refractivity contribution in [3.05, 3.63) is 155 Å². The quantitative estimate of drug-likeness (QED) is 0.177. The van der Waals surface area contributed by atoms with E-state index in [1.165, 1.54) is 26.5 Å². The molecule has 4 heteroatoms. The van der Waals surface area contributed by atoms with E-state index < -0.39 is 0 Å². The zero-order chi connectivity index (χ0) is 27.3. The minimum Gasteiger partial charge on any atom is -0.383 e. The van der Waals surface area contributed by atoms with Crippen molar-refractivity contribution in [2.75, 3.05) is 0 Å². The molecule has 0 radical (unpaired) electrons. The SMILES string of the molecule is CC(/N=C(\N=C(/N)c1ccc(-c2ccc3c(c2)C=Cc2ccccc2S3)cc1)c1ccccc1)c1ccccc1. The zero-order valence-electron chi connectivity index (χ0n) is 22.2. The summed E-state index contributed by atoms with van der Waals surface area (Å²) in [4.78, 5) is 12.3. The lowest BCUT2D eigenvalue weighted by Gasteiger charge is -2.11. The summed E-state index contributed by atoms with van der Waals surface area (Å²) < 4.78 is 0. The number of hydrogen-bond donors (Lipinski definition) is 1. The molecular weight excluding hydrogens is 506 g/mol. The standard InChI is InChI=1S/C36H29N3S/c1-25(26-10-4-2-5-11-26)38-36(30-13-6-3-7-14-30)39-35(37)29-19-16-27(17-20-29)31-22-23-34-32(24-31)21-18-28-12-8-9-15-33(28)40-34/h2-25H,1H3,(H2,37,38,39). The highest BCUT2D eigenvalue weighted by molar-refractivity contribution is 7.99. The van der Waals surface area contributed by atoms with E-state index in [4.69, 9.17) is 15.7 Å². The molecule has 0 spiro atoms. The van der Waals surface area contributed by atoms with Gasteiger partial charge in [-0.05, 0) is 52.9 Å². The summed E-state index contributed by atoms with van der Waals surface area (Å²) in [5, 5.41) is 0. The maximum atomic E-state index is 6.54. The third kappa shape index (κ3) is 5.68. The largest absolute Gasteiger partial charge is 0.383 e. The Labute approximate surface area is 239 Å². The van der Waals surface area contributed by atoms with Gasteiger partial charge in [0.15, 0.2) is 5.84 Å². The molecule has 6 rings (SSSR count). The van der Waals surface area contributed by atoms with Crippen LogP contribution in [0.15, 0.2) is 147 Å². The Morgan fingerprint density at radius 1 is 0.625 bits per heavy atom. The van der Waals surface area contributed by atoms with Crippen LogP contribution in [0.3, 0.4) is 0 Å². The van der Waals surface area contributed by atoms with Gasteiger partial charge in [-0.1, -0.05) is 133 Å². The molecule has 1 atom stereocenters. The van der Waals surface area contributed by atoms with Gasteiger partial charge in [-0.2, -0.15) is 0 Å². The molecule has 0 aromatic heterocycles. The first-order chi connectivity index (χ1) is 19.6. The van der Waals surface area contributed by atoms with Crippen molar-refractivity contribution in [3.63, 3.8) is 0 Å². The van der Waals surface area contributed by atoms with Crippen LogP contribution in [0.2, 0.25) is 0 Å². The monoisotopic (exact) mass is 535 g/mol. The second-order valence-electron chi connectivity index (χ2n) is 9.71. The highest BCUT2D eigenvalue weighted by Gasteiger charge is 2.12. The van der Waals surface area contributed by atoms with E-state index in [-0.39, 0.29) is 6.04 Å². The maximum Gasteiger partial charge on any atom is 0.157 e. The number of amidine groups is 2. The molecule has 5 aromatic rings. The second-order valence-corrected chi connectivity index (χ2v) is 10.8. The van der Waals surface area contributed by atoms with Crippen molar-refractivity contribution < 1.29 is 0 Å². The average molecular weight is 536 g/mol. The number of hydrogen-bond acceptors (Lipinski definition) is 2. The normalized spacial score (nSPS) is 13.7. The van der Waals surface area contributed by atoms with Crippen molar-refractivity contribution in [2.24, 2.45) is 15.7 Å². The molecule has 5 aromatic carbocycles. The van der Waals surface area contributed by atoms with Crippen molar-refractivity contribution in [3.8, 4) is 11.1 Å². The minimum atomic E-state index is -0.0523. The summed E-state index contributed by atoms with van der Waals surface area (Å²) in [7, 11) is 0. The molecule has 1 heterocycles. The molecule has 1 aliphatic rings. The molecule has 0 bridgehead atoms. The van der Waals surface area contributed by atoms with Gasteiger partial charge in [0.25, 0.3) is 0 Å². The fourth-order valence-electron chi connectivity index (χ4n) is 4.72. The summed E-state index contributed by atoms with van der Waals surface area (Å²) >= 11 is 1.81. The van der Waals surface area contributed by atoms with Gasteiger partial charge in [0.2, 0.25) is 0 Å². The molecule has 1 unspecified atom stereocenters. The van der Waals surface area contributed by atoms with Gasteiger partial charge in [0.05, 0.1) is 6.04 Å². The molecule has 3 nitrogen and oxygen atoms in total. The Balaban J connectivity index is 1.27. The van der Waals surface area contributed by atoms with Crippen molar-refractivity contribution in [1.29, 1.82) is 0 Å². The predicted octanol–water partition coefficient (Wildman–Crippen LogP) is 8.90. The number of aliphatic imine (C=N–C) groups is 2. The molecule has 0 amide bonds. The van der Waals surface area contributed by atoms with E-state index >= 15 is 0 Å². The van der Waals surface area contributed by atoms with Gasteiger partial charge >= 0.3 is 0 Å². The Kier molecular flexibility index (Phi) is 7.43. The maximum absolute atomic E-state index is 6.54. The Morgan fingerprint density at radius 2 is 1.25 bits per heavy atom. The lowest BCUT2D eigenvalue weighted by atomic mass is 10.0. The third-order valence-electron chi connectivity index (χ3n) is 6.96. The first kappa shape index (κ1) is 25.6. The minimum absolute atomic E-state index is 0.0523. The molecule has 0 fully saturated rings. The van der Waals surface area contributed by atoms with Crippen LogP contribution in [0.4, 0.5) is 0 Å².